The van der Waals surface area contributed by atoms with Crippen LogP contribution < -0.4 is 5.73 Å². The molecule has 1 saturated heterocycles. The summed E-state index contributed by atoms with van der Waals surface area (Å²) in [5.74, 6) is 0. The minimum Gasteiger partial charge on any atom is -0.396 e. The van der Waals surface area contributed by atoms with Crippen molar-refractivity contribution in [2.24, 2.45) is 7.05 Å². The topological polar surface area (TPSA) is 56.3 Å². The molecule has 84 valence electrons. The van der Waals surface area contributed by atoms with Gasteiger partial charge >= 0.3 is 0 Å². The Morgan fingerprint density at radius 3 is 2.60 bits per heavy atom. The second-order valence-electron chi connectivity index (χ2n) is 3.96. The van der Waals surface area contributed by atoms with Crippen LogP contribution in [0.1, 0.15) is 11.4 Å². The van der Waals surface area contributed by atoms with Crippen LogP contribution in [0.4, 0.5) is 5.69 Å². The molecule has 0 bridgehead atoms. The molecule has 1 aliphatic heterocycles. The van der Waals surface area contributed by atoms with Gasteiger partial charge in [0.25, 0.3) is 0 Å². The lowest BCUT2D eigenvalue weighted by atomic mass is 10.2. The number of hydrogen-bond acceptors (Lipinski definition) is 4. The summed E-state index contributed by atoms with van der Waals surface area (Å²) in [4.78, 5) is 2.34. The van der Waals surface area contributed by atoms with Crippen molar-refractivity contribution >= 4 is 5.69 Å². The summed E-state index contributed by atoms with van der Waals surface area (Å²) in [6.07, 6.45) is 0. The van der Waals surface area contributed by atoms with Crippen LogP contribution in [-0.2, 0) is 18.3 Å². The lowest BCUT2D eigenvalue weighted by Gasteiger charge is -2.26. The molecule has 0 radical (unpaired) electrons. The normalized spacial score (nSPS) is 18.3. The Morgan fingerprint density at radius 2 is 2.07 bits per heavy atom. The van der Waals surface area contributed by atoms with Crippen molar-refractivity contribution in [3.8, 4) is 0 Å². The summed E-state index contributed by atoms with van der Waals surface area (Å²) in [6.45, 7) is 6.39. The van der Waals surface area contributed by atoms with E-state index in [9.17, 15) is 0 Å². The number of anilines is 1. The number of aromatic nitrogens is 2. The molecular formula is C10H18N4O. The molecule has 0 saturated carbocycles. The summed E-state index contributed by atoms with van der Waals surface area (Å²) < 4.78 is 7.18. The molecule has 0 spiro atoms. The zero-order valence-corrected chi connectivity index (χ0v) is 9.36. The molecule has 0 atom stereocenters. The number of aryl methyl sites for hydroxylation is 2. The van der Waals surface area contributed by atoms with Crippen molar-refractivity contribution in [2.75, 3.05) is 32.0 Å². The fraction of sp³-hybridized carbons (Fsp3) is 0.700. The minimum absolute atomic E-state index is 0.816. The quantitative estimate of drug-likeness (QED) is 0.754. The van der Waals surface area contributed by atoms with E-state index in [0.717, 1.165) is 49.9 Å². The molecule has 0 amide bonds. The highest BCUT2D eigenvalue weighted by Gasteiger charge is 2.16. The van der Waals surface area contributed by atoms with Gasteiger partial charge in [-0.3, -0.25) is 9.58 Å². The van der Waals surface area contributed by atoms with Crippen LogP contribution in [-0.4, -0.2) is 41.0 Å². The van der Waals surface area contributed by atoms with Crippen molar-refractivity contribution in [1.82, 2.24) is 14.7 Å². The summed E-state index contributed by atoms with van der Waals surface area (Å²) in [5, 5.41) is 4.31. The third-order valence-electron chi connectivity index (χ3n) is 2.87. The first-order valence-corrected chi connectivity index (χ1v) is 5.26. The number of nitrogen functional groups attached to an aromatic ring is 1. The second kappa shape index (κ2) is 4.20. The van der Waals surface area contributed by atoms with Crippen molar-refractivity contribution < 1.29 is 4.74 Å². The van der Waals surface area contributed by atoms with E-state index in [2.05, 4.69) is 10.00 Å². The number of nitrogens with zero attached hydrogens (tertiary/aromatic N) is 3. The predicted octanol–water partition coefficient (Wildman–Crippen LogP) is 0.143. The number of nitrogens with two attached hydrogens (primary N) is 1. The molecule has 1 aromatic heterocycles. The number of morpholine rings is 1. The second-order valence-corrected chi connectivity index (χ2v) is 3.96. The summed E-state index contributed by atoms with van der Waals surface area (Å²) in [6, 6.07) is 0. The molecule has 2 N–H and O–H groups in total. The van der Waals surface area contributed by atoms with E-state index in [1.54, 1.807) is 0 Å². The highest BCUT2D eigenvalue weighted by Crippen LogP contribution is 2.17. The minimum atomic E-state index is 0.816. The molecule has 2 rings (SSSR count). The maximum absolute atomic E-state index is 5.98. The molecule has 0 unspecified atom stereocenters. The van der Waals surface area contributed by atoms with Crippen LogP contribution >= 0.6 is 0 Å². The molecular weight excluding hydrogens is 192 g/mol. The van der Waals surface area contributed by atoms with Gasteiger partial charge in [-0.25, -0.2) is 0 Å². The van der Waals surface area contributed by atoms with Gasteiger partial charge in [0.2, 0.25) is 0 Å². The fourth-order valence-electron chi connectivity index (χ4n) is 1.88. The highest BCUT2D eigenvalue weighted by atomic mass is 16.5. The van der Waals surface area contributed by atoms with Crippen molar-refractivity contribution in [1.29, 1.82) is 0 Å². The Morgan fingerprint density at radius 1 is 1.40 bits per heavy atom. The Kier molecular flexibility index (Phi) is 2.93. The van der Waals surface area contributed by atoms with Crippen LogP contribution in [0.25, 0.3) is 0 Å². The Balaban J connectivity index is 2.09. The van der Waals surface area contributed by atoms with Gasteiger partial charge in [-0.2, -0.15) is 5.10 Å². The fourth-order valence-corrected chi connectivity index (χ4v) is 1.88. The third-order valence-corrected chi connectivity index (χ3v) is 2.87. The standard InChI is InChI=1S/C10H18N4O/c1-8-10(11)9(13(2)12-8)7-14-3-5-15-6-4-14/h3-7,11H2,1-2H3. The van der Waals surface area contributed by atoms with E-state index in [-0.39, 0.29) is 0 Å². The van der Waals surface area contributed by atoms with Crippen LogP contribution in [0.3, 0.4) is 0 Å². The predicted molar refractivity (Wildman–Crippen MR) is 58.5 cm³/mol. The average Bonchev–Trinajstić information content (AvgIpc) is 2.47. The summed E-state index contributed by atoms with van der Waals surface area (Å²) in [5.41, 5.74) is 8.83. The van der Waals surface area contributed by atoms with Gasteiger partial charge < -0.3 is 10.5 Å². The van der Waals surface area contributed by atoms with E-state index in [1.165, 1.54) is 0 Å². The van der Waals surface area contributed by atoms with E-state index in [1.807, 2.05) is 18.7 Å². The van der Waals surface area contributed by atoms with E-state index < -0.39 is 0 Å². The zero-order chi connectivity index (χ0) is 10.8. The van der Waals surface area contributed by atoms with Gasteiger partial charge in [0, 0.05) is 26.7 Å². The molecule has 1 aliphatic rings. The average molecular weight is 210 g/mol. The SMILES string of the molecule is Cc1nn(C)c(CN2CCOCC2)c1N. The molecule has 5 heteroatoms. The zero-order valence-electron chi connectivity index (χ0n) is 9.36. The van der Waals surface area contributed by atoms with E-state index in [0.29, 0.717) is 0 Å². The maximum Gasteiger partial charge on any atom is 0.0826 e. The van der Waals surface area contributed by atoms with E-state index >= 15 is 0 Å². The van der Waals surface area contributed by atoms with Crippen molar-refractivity contribution in [2.45, 2.75) is 13.5 Å². The largest absolute Gasteiger partial charge is 0.396 e. The third kappa shape index (κ3) is 2.13. The lowest BCUT2D eigenvalue weighted by Crippen LogP contribution is -2.36. The van der Waals surface area contributed by atoms with Gasteiger partial charge in [-0.1, -0.05) is 0 Å². The van der Waals surface area contributed by atoms with Gasteiger partial charge in [0.15, 0.2) is 0 Å². The highest BCUT2D eigenvalue weighted by molar-refractivity contribution is 5.47. The molecule has 0 aromatic carbocycles. The van der Waals surface area contributed by atoms with Crippen LogP contribution in [0, 0.1) is 6.92 Å². The van der Waals surface area contributed by atoms with Crippen molar-refractivity contribution in [3.63, 3.8) is 0 Å². The van der Waals surface area contributed by atoms with Crippen LogP contribution in [0.2, 0.25) is 0 Å². The van der Waals surface area contributed by atoms with Crippen LogP contribution in [0.15, 0.2) is 0 Å². The van der Waals surface area contributed by atoms with Gasteiger partial charge in [0.05, 0.1) is 30.3 Å². The van der Waals surface area contributed by atoms with Crippen LogP contribution in [0.5, 0.6) is 0 Å². The first-order chi connectivity index (χ1) is 7.18. The van der Waals surface area contributed by atoms with Gasteiger partial charge in [0.1, 0.15) is 0 Å². The molecule has 0 aliphatic carbocycles. The van der Waals surface area contributed by atoms with Gasteiger partial charge in [-0.15, -0.1) is 0 Å². The monoisotopic (exact) mass is 210 g/mol. The maximum atomic E-state index is 5.98. The number of rotatable bonds is 2. The Bertz CT molecular complexity index is 341. The molecule has 5 nitrogen and oxygen atoms in total. The van der Waals surface area contributed by atoms with E-state index in [4.69, 9.17) is 10.5 Å². The molecule has 1 fully saturated rings. The lowest BCUT2D eigenvalue weighted by molar-refractivity contribution is 0.0332. The first kappa shape index (κ1) is 10.4. The molecule has 15 heavy (non-hydrogen) atoms. The molecule has 2 heterocycles. The Labute approximate surface area is 89.8 Å². The first-order valence-electron chi connectivity index (χ1n) is 5.26. The number of hydrogen-bond donors (Lipinski definition) is 1. The molecule has 1 aromatic rings. The van der Waals surface area contributed by atoms with Gasteiger partial charge in [-0.05, 0) is 6.92 Å². The Hall–Kier alpha value is -1.07. The smallest absolute Gasteiger partial charge is 0.0826 e. The number of ether oxygens (including phenoxy) is 1. The van der Waals surface area contributed by atoms with Crippen molar-refractivity contribution in [3.05, 3.63) is 11.4 Å². The summed E-state index contributed by atoms with van der Waals surface area (Å²) >= 11 is 0. The summed E-state index contributed by atoms with van der Waals surface area (Å²) in [7, 11) is 1.94.